The Labute approximate surface area is 134 Å². The molecule has 0 saturated carbocycles. The van der Waals surface area contributed by atoms with Crippen LogP contribution in [0.5, 0.6) is 0 Å². The molecule has 108 valence electrons. The number of thiophene rings is 1. The van der Waals surface area contributed by atoms with Gasteiger partial charge in [0.1, 0.15) is 0 Å². The number of hydrogen-bond donors (Lipinski definition) is 0. The Morgan fingerprint density at radius 3 is 2.76 bits per heavy atom. The van der Waals surface area contributed by atoms with Crippen LogP contribution in [0.1, 0.15) is 21.0 Å². The van der Waals surface area contributed by atoms with Crippen molar-refractivity contribution in [3.8, 4) is 0 Å². The Balaban J connectivity index is 1.82. The Morgan fingerprint density at radius 2 is 2.14 bits per heavy atom. The maximum atomic E-state index is 12.6. The van der Waals surface area contributed by atoms with E-state index < -0.39 is 0 Å². The molecular formula is C15H12BrNO3S. The standard InChI is InChI=1S/C15H12BrNO3S/c16-14-4-3-13(20-14)15(18)17(8-11-5-6-19-10-11)9-12-2-1-7-21-12/h1-7,10H,8-9H2. The van der Waals surface area contributed by atoms with Gasteiger partial charge in [-0.1, -0.05) is 6.07 Å². The second-order valence-electron chi connectivity index (χ2n) is 4.48. The van der Waals surface area contributed by atoms with Gasteiger partial charge in [0.2, 0.25) is 0 Å². The fraction of sp³-hybridized carbons (Fsp3) is 0.133. The second kappa shape index (κ2) is 6.32. The van der Waals surface area contributed by atoms with Gasteiger partial charge in [-0.15, -0.1) is 11.3 Å². The number of furan rings is 2. The van der Waals surface area contributed by atoms with E-state index in [1.165, 1.54) is 0 Å². The van der Waals surface area contributed by atoms with Gasteiger partial charge >= 0.3 is 0 Å². The van der Waals surface area contributed by atoms with Crippen molar-refractivity contribution in [2.24, 2.45) is 0 Å². The van der Waals surface area contributed by atoms with E-state index in [0.29, 0.717) is 23.5 Å². The zero-order valence-electron chi connectivity index (χ0n) is 11.0. The number of amides is 1. The van der Waals surface area contributed by atoms with Crippen LogP contribution in [-0.4, -0.2) is 10.8 Å². The molecule has 6 heteroatoms. The quantitative estimate of drug-likeness (QED) is 0.666. The first-order chi connectivity index (χ1) is 10.2. The van der Waals surface area contributed by atoms with Gasteiger partial charge in [-0.05, 0) is 45.6 Å². The summed E-state index contributed by atoms with van der Waals surface area (Å²) in [6.45, 7) is 1.02. The molecule has 0 bridgehead atoms. The fourth-order valence-corrected chi connectivity index (χ4v) is 3.00. The summed E-state index contributed by atoms with van der Waals surface area (Å²) >= 11 is 4.84. The normalized spacial score (nSPS) is 10.7. The van der Waals surface area contributed by atoms with E-state index >= 15 is 0 Å². The van der Waals surface area contributed by atoms with E-state index in [2.05, 4.69) is 15.9 Å². The van der Waals surface area contributed by atoms with Crippen LogP contribution in [0.15, 0.2) is 61.7 Å². The minimum Gasteiger partial charge on any atom is -0.472 e. The number of carbonyl (C=O) groups excluding carboxylic acids is 1. The number of halogens is 1. The lowest BCUT2D eigenvalue weighted by atomic mass is 10.2. The lowest BCUT2D eigenvalue weighted by molar-refractivity contribution is 0.0697. The van der Waals surface area contributed by atoms with Gasteiger partial charge in [0.15, 0.2) is 10.4 Å². The lowest BCUT2D eigenvalue weighted by Crippen LogP contribution is -2.29. The number of nitrogens with zero attached hydrogens (tertiary/aromatic N) is 1. The number of hydrogen-bond acceptors (Lipinski definition) is 4. The number of carbonyl (C=O) groups is 1. The maximum absolute atomic E-state index is 12.6. The molecule has 3 rings (SSSR count). The zero-order valence-corrected chi connectivity index (χ0v) is 13.4. The Kier molecular flexibility index (Phi) is 4.26. The first-order valence-electron chi connectivity index (χ1n) is 6.30. The van der Waals surface area contributed by atoms with E-state index in [-0.39, 0.29) is 5.91 Å². The van der Waals surface area contributed by atoms with Crippen LogP contribution in [-0.2, 0) is 13.1 Å². The van der Waals surface area contributed by atoms with E-state index in [4.69, 9.17) is 8.83 Å². The van der Waals surface area contributed by atoms with E-state index in [0.717, 1.165) is 10.4 Å². The summed E-state index contributed by atoms with van der Waals surface area (Å²) in [6, 6.07) is 9.23. The predicted octanol–water partition coefficient (Wildman–Crippen LogP) is 4.54. The van der Waals surface area contributed by atoms with Crippen LogP contribution < -0.4 is 0 Å². The molecule has 0 aliphatic carbocycles. The average molecular weight is 366 g/mol. The summed E-state index contributed by atoms with van der Waals surface area (Å²) in [5.41, 5.74) is 0.950. The van der Waals surface area contributed by atoms with Gasteiger partial charge in [0.25, 0.3) is 5.91 Å². The first-order valence-corrected chi connectivity index (χ1v) is 7.98. The molecule has 0 fully saturated rings. The molecule has 3 aromatic heterocycles. The molecule has 0 aromatic carbocycles. The second-order valence-corrected chi connectivity index (χ2v) is 6.29. The van der Waals surface area contributed by atoms with Crippen LogP contribution in [0.2, 0.25) is 0 Å². The van der Waals surface area contributed by atoms with Crippen molar-refractivity contribution in [1.29, 1.82) is 0 Å². The molecule has 1 amide bonds. The molecule has 0 N–H and O–H groups in total. The number of rotatable bonds is 5. The Hall–Kier alpha value is -1.79. The van der Waals surface area contributed by atoms with Gasteiger partial charge in [0.05, 0.1) is 19.1 Å². The summed E-state index contributed by atoms with van der Waals surface area (Å²) in [7, 11) is 0. The topological polar surface area (TPSA) is 46.6 Å². The summed E-state index contributed by atoms with van der Waals surface area (Å²) in [6.07, 6.45) is 3.25. The molecule has 0 atom stereocenters. The Morgan fingerprint density at radius 1 is 1.24 bits per heavy atom. The molecule has 0 radical (unpaired) electrons. The first kappa shape index (κ1) is 14.2. The van der Waals surface area contributed by atoms with Crippen LogP contribution in [0.25, 0.3) is 0 Å². The van der Waals surface area contributed by atoms with Gasteiger partial charge < -0.3 is 13.7 Å². The summed E-state index contributed by atoms with van der Waals surface area (Å²) in [5.74, 6) is 0.178. The third kappa shape index (κ3) is 3.46. The largest absolute Gasteiger partial charge is 0.472 e. The highest BCUT2D eigenvalue weighted by Gasteiger charge is 2.20. The molecule has 0 aliphatic heterocycles. The molecule has 3 heterocycles. The van der Waals surface area contributed by atoms with Crippen molar-refractivity contribution in [2.75, 3.05) is 0 Å². The van der Waals surface area contributed by atoms with Gasteiger partial charge in [-0.25, -0.2) is 0 Å². The molecule has 0 spiro atoms. The highest BCUT2D eigenvalue weighted by atomic mass is 79.9. The van der Waals surface area contributed by atoms with Crippen molar-refractivity contribution in [3.05, 3.63) is 69.1 Å². The fourth-order valence-electron chi connectivity index (χ4n) is 1.98. The van der Waals surface area contributed by atoms with Gasteiger partial charge in [-0.3, -0.25) is 4.79 Å². The minimum atomic E-state index is -0.143. The van der Waals surface area contributed by atoms with Crippen LogP contribution in [0.3, 0.4) is 0 Å². The van der Waals surface area contributed by atoms with E-state index in [1.807, 2.05) is 23.6 Å². The smallest absolute Gasteiger partial charge is 0.290 e. The molecule has 0 aliphatic rings. The van der Waals surface area contributed by atoms with Crippen molar-refractivity contribution in [3.63, 3.8) is 0 Å². The van der Waals surface area contributed by atoms with Crippen molar-refractivity contribution >= 4 is 33.2 Å². The third-order valence-corrected chi connectivity index (χ3v) is 4.24. The summed E-state index contributed by atoms with van der Waals surface area (Å²) < 4.78 is 11.0. The monoisotopic (exact) mass is 365 g/mol. The van der Waals surface area contributed by atoms with Crippen molar-refractivity contribution in [1.82, 2.24) is 4.90 Å². The van der Waals surface area contributed by atoms with Crippen molar-refractivity contribution < 1.29 is 13.6 Å². The minimum absolute atomic E-state index is 0.143. The summed E-state index contributed by atoms with van der Waals surface area (Å²) in [4.78, 5) is 15.5. The zero-order chi connectivity index (χ0) is 14.7. The maximum Gasteiger partial charge on any atom is 0.290 e. The SMILES string of the molecule is O=C(c1ccc(Br)o1)N(Cc1ccoc1)Cc1cccs1. The molecular weight excluding hydrogens is 354 g/mol. The van der Waals surface area contributed by atoms with Crippen LogP contribution in [0.4, 0.5) is 0 Å². The van der Waals surface area contributed by atoms with Gasteiger partial charge in [-0.2, -0.15) is 0 Å². The highest BCUT2D eigenvalue weighted by molar-refractivity contribution is 9.10. The summed E-state index contributed by atoms with van der Waals surface area (Å²) in [5, 5.41) is 2.00. The lowest BCUT2D eigenvalue weighted by Gasteiger charge is -2.20. The average Bonchev–Trinajstić information content (AvgIpc) is 3.19. The molecule has 21 heavy (non-hydrogen) atoms. The highest BCUT2D eigenvalue weighted by Crippen LogP contribution is 2.20. The third-order valence-electron chi connectivity index (χ3n) is 2.95. The Bertz CT molecular complexity index is 667. The molecule has 0 unspecified atom stereocenters. The van der Waals surface area contributed by atoms with Crippen LogP contribution in [0, 0.1) is 0 Å². The van der Waals surface area contributed by atoms with Crippen molar-refractivity contribution in [2.45, 2.75) is 13.1 Å². The molecule has 4 nitrogen and oxygen atoms in total. The predicted molar refractivity (Wildman–Crippen MR) is 83.0 cm³/mol. The van der Waals surface area contributed by atoms with E-state index in [9.17, 15) is 4.79 Å². The van der Waals surface area contributed by atoms with E-state index in [1.54, 1.807) is 40.9 Å². The van der Waals surface area contributed by atoms with Gasteiger partial charge in [0, 0.05) is 17.0 Å². The van der Waals surface area contributed by atoms with Crippen LogP contribution >= 0.6 is 27.3 Å². The molecule has 3 aromatic rings. The molecule has 0 saturated heterocycles.